The lowest BCUT2D eigenvalue weighted by atomic mass is 9.90. The van der Waals surface area contributed by atoms with Gasteiger partial charge in [-0.15, -0.1) is 0 Å². The minimum atomic E-state index is -0.775. The zero-order valence-electron chi connectivity index (χ0n) is 23.3. The van der Waals surface area contributed by atoms with E-state index in [4.69, 9.17) is 0 Å². The molecular formula is C33H31N5O3S. The van der Waals surface area contributed by atoms with Crippen LogP contribution in [0.25, 0.3) is 0 Å². The molecule has 1 aliphatic rings. The molecule has 3 amide bonds. The summed E-state index contributed by atoms with van der Waals surface area (Å²) in [5.74, 6) is -1.21. The zero-order valence-corrected chi connectivity index (χ0v) is 24.1. The van der Waals surface area contributed by atoms with Crippen molar-refractivity contribution in [1.29, 1.82) is 0 Å². The molecular weight excluding hydrogens is 546 g/mol. The van der Waals surface area contributed by atoms with E-state index in [-0.39, 0.29) is 17.7 Å². The number of amidine groups is 1. The van der Waals surface area contributed by atoms with Gasteiger partial charge in [-0.2, -0.15) is 0 Å². The lowest BCUT2D eigenvalue weighted by Crippen LogP contribution is -2.43. The highest BCUT2D eigenvalue weighted by molar-refractivity contribution is 8.15. The molecule has 42 heavy (non-hydrogen) atoms. The highest BCUT2D eigenvalue weighted by atomic mass is 32.2. The van der Waals surface area contributed by atoms with Crippen LogP contribution in [0, 0.1) is 0 Å². The van der Waals surface area contributed by atoms with Gasteiger partial charge in [0.2, 0.25) is 17.7 Å². The number of carbonyl (C=O) groups excluding carboxylic acids is 3. The molecule has 1 aromatic heterocycles. The van der Waals surface area contributed by atoms with Gasteiger partial charge in [0.05, 0.1) is 18.2 Å². The fraction of sp³-hybridized carbons (Fsp3) is 0.182. The maximum absolute atomic E-state index is 13.4. The number of hydrogen-bond donors (Lipinski definition) is 2. The number of rotatable bonds is 9. The minimum Gasteiger partial charge on any atom is -0.344 e. The van der Waals surface area contributed by atoms with E-state index in [0.717, 1.165) is 22.4 Å². The molecule has 1 saturated heterocycles. The smallest absolute Gasteiger partial charge is 0.247 e. The fourth-order valence-electron chi connectivity index (χ4n) is 4.78. The van der Waals surface area contributed by atoms with E-state index < -0.39 is 17.2 Å². The summed E-state index contributed by atoms with van der Waals surface area (Å²) in [6, 6.07) is 31.0. The topological polar surface area (TPSA) is 104 Å². The highest BCUT2D eigenvalue weighted by Crippen LogP contribution is 2.40. The van der Waals surface area contributed by atoms with Gasteiger partial charge in [0.15, 0.2) is 5.17 Å². The maximum Gasteiger partial charge on any atom is 0.247 e. The molecule has 8 nitrogen and oxygen atoms in total. The number of nitrogens with one attached hydrogen (secondary N) is 2. The van der Waals surface area contributed by atoms with Crippen molar-refractivity contribution in [2.75, 3.05) is 12.4 Å². The molecule has 2 heterocycles. The molecule has 2 atom stereocenters. The van der Waals surface area contributed by atoms with Crippen molar-refractivity contribution in [2.45, 2.75) is 30.7 Å². The van der Waals surface area contributed by atoms with Gasteiger partial charge in [-0.1, -0.05) is 90.6 Å². The second kappa shape index (κ2) is 13.3. The van der Waals surface area contributed by atoms with Gasteiger partial charge < -0.3 is 10.6 Å². The first-order valence-electron chi connectivity index (χ1n) is 13.6. The van der Waals surface area contributed by atoms with Gasteiger partial charge in [-0.25, -0.2) is 0 Å². The minimum absolute atomic E-state index is 0.0641. The Morgan fingerprint density at radius 2 is 1.50 bits per heavy atom. The lowest BCUT2D eigenvalue weighted by molar-refractivity contribution is -0.126. The Labute approximate surface area is 249 Å². The third-order valence-corrected chi connectivity index (χ3v) is 8.27. The molecule has 0 saturated carbocycles. The normalized spacial score (nSPS) is 16.5. The van der Waals surface area contributed by atoms with E-state index >= 15 is 0 Å². The largest absolute Gasteiger partial charge is 0.344 e. The van der Waals surface area contributed by atoms with Gasteiger partial charge >= 0.3 is 0 Å². The maximum atomic E-state index is 13.4. The van der Waals surface area contributed by atoms with Crippen LogP contribution in [0.3, 0.4) is 0 Å². The van der Waals surface area contributed by atoms with Crippen LogP contribution >= 0.6 is 11.8 Å². The predicted octanol–water partition coefficient (Wildman–Crippen LogP) is 5.16. The van der Waals surface area contributed by atoms with E-state index in [2.05, 4.69) is 20.6 Å². The summed E-state index contributed by atoms with van der Waals surface area (Å²) in [5, 5.41) is 5.94. The number of pyridine rings is 1. The third kappa shape index (κ3) is 6.58. The van der Waals surface area contributed by atoms with Crippen LogP contribution < -0.4 is 10.6 Å². The van der Waals surface area contributed by atoms with Crippen LogP contribution in [-0.4, -0.2) is 45.9 Å². The first-order chi connectivity index (χ1) is 20.4. The predicted molar refractivity (Wildman–Crippen MR) is 166 cm³/mol. The van der Waals surface area contributed by atoms with Gasteiger partial charge in [-0.3, -0.25) is 29.3 Å². The van der Waals surface area contributed by atoms with Crippen molar-refractivity contribution < 1.29 is 14.4 Å². The standard InChI is InChI=1S/C33H31N5O3S/c1-22(36-31(40)28(23-11-5-3-6-12-23)24-13-7-4-8-14-24)30(39)37-26-18-16-25(17-19-26)29-32(41)38(33(34-2)42-29)21-27-15-9-10-20-35-27/h3-20,22,28-29H,21H2,1-2H3,(H,36,40)(H,37,39)/b34-33-/t22-,29?/m0/s1. The molecule has 0 bridgehead atoms. The molecule has 212 valence electrons. The number of carbonyl (C=O) groups is 3. The number of benzene rings is 3. The number of thioether (sulfide) groups is 1. The van der Waals surface area contributed by atoms with Crippen molar-refractivity contribution in [3.05, 3.63) is 132 Å². The van der Waals surface area contributed by atoms with Crippen molar-refractivity contribution in [2.24, 2.45) is 4.99 Å². The summed E-state index contributed by atoms with van der Waals surface area (Å²) in [4.78, 5) is 50.0. The summed E-state index contributed by atoms with van der Waals surface area (Å²) in [6.07, 6.45) is 1.70. The Morgan fingerprint density at radius 3 is 2.07 bits per heavy atom. The number of nitrogens with zero attached hydrogens (tertiary/aromatic N) is 3. The molecule has 0 aliphatic carbocycles. The van der Waals surface area contributed by atoms with E-state index in [1.54, 1.807) is 37.2 Å². The van der Waals surface area contributed by atoms with Crippen molar-refractivity contribution in [3.8, 4) is 0 Å². The van der Waals surface area contributed by atoms with Gasteiger partial charge in [0, 0.05) is 18.9 Å². The van der Waals surface area contributed by atoms with Crippen LogP contribution in [0.2, 0.25) is 0 Å². The van der Waals surface area contributed by atoms with Gasteiger partial charge in [-0.05, 0) is 47.9 Å². The number of amides is 3. The summed E-state index contributed by atoms with van der Waals surface area (Å²) in [7, 11) is 1.67. The van der Waals surface area contributed by atoms with E-state index in [0.29, 0.717) is 17.4 Å². The summed E-state index contributed by atoms with van der Waals surface area (Å²) in [6.45, 7) is 2.01. The molecule has 1 fully saturated rings. The zero-order chi connectivity index (χ0) is 29.5. The Hall–Kier alpha value is -4.76. The Kier molecular flexibility index (Phi) is 9.08. The van der Waals surface area contributed by atoms with Crippen LogP contribution in [0.1, 0.15) is 40.5 Å². The molecule has 0 spiro atoms. The van der Waals surface area contributed by atoms with E-state index in [1.807, 2.05) is 91.0 Å². The SMILES string of the molecule is C/N=C1\SC(c2ccc(NC(=O)[C@H](C)NC(=O)C(c3ccccc3)c3ccccc3)cc2)C(=O)N1Cc1ccccn1. The van der Waals surface area contributed by atoms with Gasteiger partial charge in [0.25, 0.3) is 0 Å². The third-order valence-electron chi connectivity index (χ3n) is 6.94. The van der Waals surface area contributed by atoms with E-state index in [9.17, 15) is 14.4 Å². The molecule has 4 aromatic rings. The Morgan fingerprint density at radius 1 is 0.881 bits per heavy atom. The monoisotopic (exact) mass is 577 g/mol. The number of hydrogen-bond acceptors (Lipinski definition) is 6. The number of anilines is 1. The Balaban J connectivity index is 1.22. The second-order valence-corrected chi connectivity index (χ2v) is 10.9. The number of aromatic nitrogens is 1. The second-order valence-electron chi connectivity index (χ2n) is 9.85. The first kappa shape index (κ1) is 28.8. The van der Waals surface area contributed by atoms with Crippen LogP contribution in [0.4, 0.5) is 5.69 Å². The van der Waals surface area contributed by atoms with Crippen molar-refractivity contribution in [3.63, 3.8) is 0 Å². The highest BCUT2D eigenvalue weighted by Gasteiger charge is 2.38. The average Bonchev–Trinajstić information content (AvgIpc) is 3.33. The molecule has 5 rings (SSSR count). The lowest BCUT2D eigenvalue weighted by Gasteiger charge is -2.21. The molecule has 9 heteroatoms. The van der Waals surface area contributed by atoms with Crippen molar-refractivity contribution in [1.82, 2.24) is 15.2 Å². The molecule has 0 radical (unpaired) electrons. The average molecular weight is 578 g/mol. The Bertz CT molecular complexity index is 1520. The molecule has 3 aromatic carbocycles. The molecule has 1 unspecified atom stereocenters. The first-order valence-corrected chi connectivity index (χ1v) is 14.5. The van der Waals surface area contributed by atoms with Gasteiger partial charge in [0.1, 0.15) is 11.3 Å². The fourth-order valence-corrected chi connectivity index (χ4v) is 5.90. The molecule has 2 N–H and O–H groups in total. The summed E-state index contributed by atoms with van der Waals surface area (Å²) in [5.41, 5.74) is 3.85. The van der Waals surface area contributed by atoms with E-state index in [1.165, 1.54) is 11.8 Å². The quantitative estimate of drug-likeness (QED) is 0.286. The molecule has 1 aliphatic heterocycles. The van der Waals surface area contributed by atoms with Crippen LogP contribution in [-0.2, 0) is 20.9 Å². The number of aliphatic imine (C=N–C) groups is 1. The van der Waals surface area contributed by atoms with Crippen molar-refractivity contribution >= 4 is 40.3 Å². The van der Waals surface area contributed by atoms with Crippen LogP contribution in [0.15, 0.2) is 114 Å². The summed E-state index contributed by atoms with van der Waals surface area (Å²) >= 11 is 1.39. The van der Waals surface area contributed by atoms with Crippen LogP contribution in [0.5, 0.6) is 0 Å². The summed E-state index contributed by atoms with van der Waals surface area (Å²) < 4.78 is 0.